The molecule has 0 aromatic carbocycles. The quantitative estimate of drug-likeness (QED) is 0.510. The van der Waals surface area contributed by atoms with E-state index in [-0.39, 0.29) is 5.54 Å². The van der Waals surface area contributed by atoms with Crippen LogP contribution in [0.2, 0.25) is 0 Å². The minimum atomic E-state index is 0.289. The van der Waals surface area contributed by atoms with Crippen molar-refractivity contribution in [1.29, 1.82) is 0 Å². The van der Waals surface area contributed by atoms with E-state index in [9.17, 15) is 4.79 Å². The summed E-state index contributed by atoms with van der Waals surface area (Å²) < 4.78 is 0. The number of rotatable bonds is 0. The van der Waals surface area contributed by atoms with Gasteiger partial charge in [-0.25, -0.2) is 0 Å². The van der Waals surface area contributed by atoms with Crippen LogP contribution in [0.1, 0.15) is 25.7 Å². The third kappa shape index (κ3) is 0.697. The Labute approximate surface area is 54.6 Å². The van der Waals surface area contributed by atoms with Crippen molar-refractivity contribution in [3.05, 3.63) is 0 Å². The van der Waals surface area contributed by atoms with Gasteiger partial charge in [0.25, 0.3) is 0 Å². The van der Waals surface area contributed by atoms with Gasteiger partial charge in [0.15, 0.2) is 0 Å². The van der Waals surface area contributed by atoms with Gasteiger partial charge < -0.3 is 5.32 Å². The third-order valence-corrected chi connectivity index (χ3v) is 2.52. The summed E-state index contributed by atoms with van der Waals surface area (Å²) in [5, 5.41) is 3.33. The molecule has 1 spiro atoms. The van der Waals surface area contributed by atoms with E-state index in [1.807, 2.05) is 0 Å². The van der Waals surface area contributed by atoms with E-state index in [1.54, 1.807) is 0 Å². The van der Waals surface area contributed by atoms with Crippen molar-refractivity contribution in [3.63, 3.8) is 0 Å². The molecule has 1 aliphatic carbocycles. The molecule has 2 nitrogen and oxygen atoms in total. The van der Waals surface area contributed by atoms with Gasteiger partial charge in [0.2, 0.25) is 0 Å². The van der Waals surface area contributed by atoms with Crippen molar-refractivity contribution in [2.75, 3.05) is 6.54 Å². The van der Waals surface area contributed by atoms with Crippen LogP contribution in [0.15, 0.2) is 0 Å². The molecule has 1 saturated carbocycles. The van der Waals surface area contributed by atoms with Crippen LogP contribution in [-0.4, -0.2) is 17.9 Å². The van der Waals surface area contributed by atoms with E-state index in [0.717, 1.165) is 25.8 Å². The normalized spacial score (nSPS) is 41.6. The second-order valence-electron chi connectivity index (χ2n) is 3.17. The number of carbonyl (C=O) groups excluding carboxylic acids is 1. The Hall–Kier alpha value is -0.370. The number of nitrogens with one attached hydrogen (secondary N) is 1. The van der Waals surface area contributed by atoms with Gasteiger partial charge in [-0.05, 0) is 19.4 Å². The fourth-order valence-corrected chi connectivity index (χ4v) is 1.78. The summed E-state index contributed by atoms with van der Waals surface area (Å²) in [5.74, 6) is 0.446. The summed E-state index contributed by atoms with van der Waals surface area (Å²) in [6, 6.07) is 0. The largest absolute Gasteiger partial charge is 0.311 e. The Morgan fingerprint density at radius 1 is 1.44 bits per heavy atom. The van der Waals surface area contributed by atoms with E-state index in [1.165, 1.54) is 6.42 Å². The predicted molar refractivity (Wildman–Crippen MR) is 34.2 cm³/mol. The minimum Gasteiger partial charge on any atom is -0.311 e. The molecule has 1 N–H and O–H groups in total. The zero-order valence-corrected chi connectivity index (χ0v) is 5.44. The number of Topliss-reactive ketones (excluding diaryl/α,β-unsaturated/α-hetero) is 1. The Morgan fingerprint density at radius 3 is 2.44 bits per heavy atom. The molecule has 9 heavy (non-hydrogen) atoms. The molecule has 2 fully saturated rings. The van der Waals surface area contributed by atoms with Crippen molar-refractivity contribution in [1.82, 2.24) is 5.32 Å². The second kappa shape index (κ2) is 1.57. The SMILES string of the molecule is O=C1CCC2(CCN2)C1. The zero-order valence-electron chi connectivity index (χ0n) is 5.44. The highest BCUT2D eigenvalue weighted by Crippen LogP contribution is 2.34. The van der Waals surface area contributed by atoms with Crippen LogP contribution in [0, 0.1) is 0 Å². The van der Waals surface area contributed by atoms with Gasteiger partial charge in [-0.1, -0.05) is 0 Å². The molecule has 1 atom stereocenters. The average molecular weight is 125 g/mol. The number of ketones is 1. The molecule has 1 heterocycles. The standard InChI is InChI=1S/C7H11NO/c9-6-1-2-7(5-6)3-4-8-7/h8H,1-5H2. The predicted octanol–water partition coefficient (Wildman–Crippen LogP) is 0.471. The van der Waals surface area contributed by atoms with Crippen LogP contribution in [0.3, 0.4) is 0 Å². The average Bonchev–Trinajstić information content (AvgIpc) is 2.09. The lowest BCUT2D eigenvalue weighted by atomic mass is 9.86. The van der Waals surface area contributed by atoms with Crippen molar-refractivity contribution in [2.45, 2.75) is 31.2 Å². The van der Waals surface area contributed by atoms with Gasteiger partial charge in [0, 0.05) is 18.4 Å². The fourth-order valence-electron chi connectivity index (χ4n) is 1.78. The molecule has 2 heteroatoms. The highest BCUT2D eigenvalue weighted by Gasteiger charge is 2.42. The Balaban J connectivity index is 2.07. The summed E-state index contributed by atoms with van der Waals surface area (Å²) >= 11 is 0. The molecule has 0 bridgehead atoms. The number of hydrogen-bond donors (Lipinski definition) is 1. The van der Waals surface area contributed by atoms with Crippen LogP contribution in [-0.2, 0) is 4.79 Å². The molecule has 2 aliphatic rings. The minimum absolute atomic E-state index is 0.289. The second-order valence-corrected chi connectivity index (χ2v) is 3.17. The van der Waals surface area contributed by atoms with Crippen LogP contribution in [0.5, 0.6) is 0 Å². The summed E-state index contributed by atoms with van der Waals surface area (Å²) in [4.78, 5) is 10.8. The van der Waals surface area contributed by atoms with Gasteiger partial charge in [0.05, 0.1) is 0 Å². The lowest BCUT2D eigenvalue weighted by Gasteiger charge is -2.39. The maximum Gasteiger partial charge on any atom is 0.134 e. The monoisotopic (exact) mass is 125 g/mol. The topological polar surface area (TPSA) is 29.1 Å². The first-order valence-corrected chi connectivity index (χ1v) is 3.58. The highest BCUT2D eigenvalue weighted by molar-refractivity contribution is 5.82. The van der Waals surface area contributed by atoms with Crippen LogP contribution in [0.4, 0.5) is 0 Å². The van der Waals surface area contributed by atoms with Crippen molar-refractivity contribution >= 4 is 5.78 Å². The molecule has 0 aromatic heterocycles. The van der Waals surface area contributed by atoms with E-state index < -0.39 is 0 Å². The van der Waals surface area contributed by atoms with Crippen molar-refractivity contribution in [3.8, 4) is 0 Å². The van der Waals surface area contributed by atoms with E-state index in [0.29, 0.717) is 5.78 Å². The smallest absolute Gasteiger partial charge is 0.134 e. The Morgan fingerprint density at radius 2 is 2.22 bits per heavy atom. The first-order valence-electron chi connectivity index (χ1n) is 3.58. The molecule has 50 valence electrons. The Kier molecular flexibility index (Phi) is 0.943. The maximum atomic E-state index is 10.8. The molecule has 0 radical (unpaired) electrons. The van der Waals surface area contributed by atoms with E-state index in [2.05, 4.69) is 5.32 Å². The molecule has 0 aromatic rings. The molecule has 1 aliphatic heterocycles. The summed E-state index contributed by atoms with van der Waals surface area (Å²) in [5.41, 5.74) is 0.289. The first kappa shape index (κ1) is 5.42. The summed E-state index contributed by atoms with van der Waals surface area (Å²) in [6.45, 7) is 1.12. The van der Waals surface area contributed by atoms with Crippen molar-refractivity contribution < 1.29 is 4.79 Å². The lowest BCUT2D eigenvalue weighted by Crippen LogP contribution is -2.55. The summed E-state index contributed by atoms with van der Waals surface area (Å²) in [6.07, 6.45) is 3.92. The fraction of sp³-hybridized carbons (Fsp3) is 0.857. The molecular weight excluding hydrogens is 114 g/mol. The molecular formula is C7H11NO. The van der Waals surface area contributed by atoms with Crippen molar-refractivity contribution in [2.24, 2.45) is 0 Å². The van der Waals surface area contributed by atoms with Gasteiger partial charge in [-0.15, -0.1) is 0 Å². The molecule has 1 saturated heterocycles. The van der Waals surface area contributed by atoms with E-state index >= 15 is 0 Å². The van der Waals surface area contributed by atoms with Crippen LogP contribution >= 0.6 is 0 Å². The van der Waals surface area contributed by atoms with Gasteiger partial charge in [-0.3, -0.25) is 4.79 Å². The first-order chi connectivity index (χ1) is 4.31. The maximum absolute atomic E-state index is 10.8. The van der Waals surface area contributed by atoms with E-state index in [4.69, 9.17) is 0 Å². The van der Waals surface area contributed by atoms with Gasteiger partial charge in [0.1, 0.15) is 5.78 Å². The number of hydrogen-bond acceptors (Lipinski definition) is 2. The van der Waals surface area contributed by atoms with Crippen LogP contribution < -0.4 is 5.32 Å². The molecule has 2 rings (SSSR count). The molecule has 1 unspecified atom stereocenters. The third-order valence-electron chi connectivity index (χ3n) is 2.52. The number of carbonyl (C=O) groups is 1. The van der Waals surface area contributed by atoms with Crippen LogP contribution in [0.25, 0.3) is 0 Å². The lowest BCUT2D eigenvalue weighted by molar-refractivity contribution is -0.118. The highest BCUT2D eigenvalue weighted by atomic mass is 16.1. The van der Waals surface area contributed by atoms with Gasteiger partial charge in [-0.2, -0.15) is 0 Å². The zero-order chi connectivity index (χ0) is 6.32. The summed E-state index contributed by atoms with van der Waals surface area (Å²) in [7, 11) is 0. The molecule has 0 amide bonds. The van der Waals surface area contributed by atoms with Gasteiger partial charge >= 0.3 is 0 Å². The Bertz CT molecular complexity index is 149.